The van der Waals surface area contributed by atoms with E-state index in [2.05, 4.69) is 6.58 Å². The molecule has 1 aromatic rings. The predicted molar refractivity (Wildman–Crippen MR) is 51.1 cm³/mol. The third-order valence-electron chi connectivity index (χ3n) is 1.77. The normalized spacial score (nSPS) is 11.2. The van der Waals surface area contributed by atoms with Crippen molar-refractivity contribution in [1.29, 1.82) is 0 Å². The van der Waals surface area contributed by atoms with Crippen molar-refractivity contribution in [3.05, 3.63) is 35.9 Å². The van der Waals surface area contributed by atoms with E-state index in [1.54, 1.807) is 19.1 Å². The Morgan fingerprint density at radius 2 is 2.08 bits per heavy atom. The lowest BCUT2D eigenvalue weighted by atomic mass is 10.1. The Hall–Kier alpha value is -1.13. The first kappa shape index (κ1) is 9.95. The third kappa shape index (κ3) is 1.96. The van der Waals surface area contributed by atoms with E-state index in [4.69, 9.17) is 4.55 Å². The molecule has 0 bridgehead atoms. The van der Waals surface area contributed by atoms with Gasteiger partial charge in [0, 0.05) is 0 Å². The molecule has 0 aliphatic heterocycles. The molecule has 0 spiro atoms. The topological polar surface area (TPSA) is 54.4 Å². The predicted octanol–water partition coefficient (Wildman–Crippen LogP) is 1.88. The number of hydrogen-bond acceptors (Lipinski definition) is 2. The lowest BCUT2D eigenvalue weighted by Crippen LogP contribution is -2.01. The van der Waals surface area contributed by atoms with Gasteiger partial charge in [-0.05, 0) is 24.1 Å². The maximum Gasteiger partial charge on any atom is 0.295 e. The summed E-state index contributed by atoms with van der Waals surface area (Å²) in [5, 5.41) is 0. The summed E-state index contributed by atoms with van der Waals surface area (Å²) >= 11 is 0. The largest absolute Gasteiger partial charge is 0.295 e. The summed E-state index contributed by atoms with van der Waals surface area (Å²) in [7, 11) is -4.14. The monoisotopic (exact) mass is 198 g/mol. The molecule has 0 unspecified atom stereocenters. The van der Waals surface area contributed by atoms with E-state index in [0.29, 0.717) is 5.56 Å². The molecule has 0 saturated heterocycles. The zero-order valence-electron chi connectivity index (χ0n) is 7.19. The minimum Gasteiger partial charge on any atom is -0.282 e. The molecule has 3 nitrogen and oxygen atoms in total. The second-order valence-corrected chi connectivity index (χ2v) is 4.06. The summed E-state index contributed by atoms with van der Waals surface area (Å²) < 4.78 is 30.6. The van der Waals surface area contributed by atoms with Crippen molar-refractivity contribution in [2.24, 2.45) is 0 Å². The summed E-state index contributed by atoms with van der Waals surface area (Å²) in [5.41, 5.74) is 1.22. The van der Waals surface area contributed by atoms with Crippen molar-refractivity contribution in [2.45, 2.75) is 11.8 Å². The van der Waals surface area contributed by atoms with Crippen LogP contribution in [-0.4, -0.2) is 13.0 Å². The van der Waals surface area contributed by atoms with Crippen LogP contribution in [0.5, 0.6) is 0 Å². The highest BCUT2D eigenvalue weighted by atomic mass is 32.2. The molecule has 0 aliphatic carbocycles. The van der Waals surface area contributed by atoms with Crippen molar-refractivity contribution in [2.75, 3.05) is 0 Å². The quantitative estimate of drug-likeness (QED) is 0.738. The molecule has 0 aromatic heterocycles. The molecule has 1 rings (SSSR count). The summed E-state index contributed by atoms with van der Waals surface area (Å²) in [6.45, 7) is 5.25. The van der Waals surface area contributed by atoms with Gasteiger partial charge in [0.15, 0.2) is 0 Å². The van der Waals surface area contributed by atoms with Crippen LogP contribution >= 0.6 is 0 Å². The Morgan fingerprint density at radius 1 is 1.46 bits per heavy atom. The Labute approximate surface area is 77.5 Å². The fraction of sp³-hybridized carbons (Fsp3) is 0.111. The number of hydrogen-bond donors (Lipinski definition) is 1. The highest BCUT2D eigenvalue weighted by Gasteiger charge is 2.13. The molecule has 1 N–H and O–H groups in total. The molecule has 70 valence electrons. The molecule has 0 amide bonds. The van der Waals surface area contributed by atoms with Gasteiger partial charge in [-0.3, -0.25) is 4.55 Å². The molecule has 0 fully saturated rings. The zero-order chi connectivity index (χ0) is 10.1. The van der Waals surface area contributed by atoms with Crippen LogP contribution in [0.25, 0.3) is 6.08 Å². The number of rotatable bonds is 2. The average Bonchev–Trinajstić information content (AvgIpc) is 2.02. The smallest absolute Gasteiger partial charge is 0.282 e. The van der Waals surface area contributed by atoms with Crippen molar-refractivity contribution < 1.29 is 13.0 Å². The van der Waals surface area contributed by atoms with E-state index >= 15 is 0 Å². The highest BCUT2D eigenvalue weighted by molar-refractivity contribution is 7.85. The van der Waals surface area contributed by atoms with Gasteiger partial charge in [-0.25, -0.2) is 0 Å². The molecule has 0 radical (unpaired) electrons. The van der Waals surface area contributed by atoms with E-state index in [0.717, 1.165) is 5.56 Å². The van der Waals surface area contributed by atoms with Gasteiger partial charge in [0.25, 0.3) is 10.1 Å². The first-order valence-corrected chi connectivity index (χ1v) is 5.10. The maximum atomic E-state index is 10.9. The minimum atomic E-state index is -4.14. The van der Waals surface area contributed by atoms with Crippen LogP contribution in [0.3, 0.4) is 0 Å². The van der Waals surface area contributed by atoms with Gasteiger partial charge in [-0.15, -0.1) is 0 Å². The summed E-state index contributed by atoms with van der Waals surface area (Å²) in [6.07, 6.45) is 1.42. The van der Waals surface area contributed by atoms with Gasteiger partial charge in [0.05, 0.1) is 0 Å². The Balaban J connectivity index is 3.56. The van der Waals surface area contributed by atoms with E-state index < -0.39 is 10.1 Å². The second kappa shape index (κ2) is 3.32. The van der Waals surface area contributed by atoms with Crippen molar-refractivity contribution >= 4 is 16.2 Å². The summed E-state index contributed by atoms with van der Waals surface area (Å²) in [6, 6.07) is 4.68. The number of aryl methyl sites for hydroxylation is 1. The molecule has 4 heteroatoms. The fourth-order valence-electron chi connectivity index (χ4n) is 1.14. The van der Waals surface area contributed by atoms with Crippen LogP contribution in [0.2, 0.25) is 0 Å². The maximum absolute atomic E-state index is 10.9. The molecule has 0 aliphatic rings. The Bertz CT molecular complexity index is 432. The van der Waals surface area contributed by atoms with E-state index in [1.165, 1.54) is 12.1 Å². The van der Waals surface area contributed by atoms with Gasteiger partial charge in [-0.2, -0.15) is 8.42 Å². The lowest BCUT2D eigenvalue weighted by Gasteiger charge is -2.04. The lowest BCUT2D eigenvalue weighted by molar-refractivity contribution is 0.483. The van der Waals surface area contributed by atoms with Crippen molar-refractivity contribution in [3.63, 3.8) is 0 Å². The van der Waals surface area contributed by atoms with Crippen LogP contribution in [-0.2, 0) is 10.1 Å². The van der Waals surface area contributed by atoms with Gasteiger partial charge in [0.1, 0.15) is 4.90 Å². The SMILES string of the molecule is C=Cc1c(C)cccc1S(=O)(=O)O. The van der Waals surface area contributed by atoms with E-state index in [1.807, 2.05) is 0 Å². The molecule has 0 saturated carbocycles. The van der Waals surface area contributed by atoms with Crippen molar-refractivity contribution in [3.8, 4) is 0 Å². The first-order chi connectivity index (χ1) is 5.96. The van der Waals surface area contributed by atoms with Gasteiger partial charge in [0.2, 0.25) is 0 Å². The Kier molecular flexibility index (Phi) is 2.54. The zero-order valence-corrected chi connectivity index (χ0v) is 8.00. The third-order valence-corrected chi connectivity index (χ3v) is 2.68. The first-order valence-electron chi connectivity index (χ1n) is 3.66. The van der Waals surface area contributed by atoms with Crippen molar-refractivity contribution in [1.82, 2.24) is 0 Å². The standard InChI is InChI=1S/C9H10O3S/c1-3-8-7(2)5-4-6-9(8)13(10,11)12/h3-6H,1H2,2H3,(H,10,11,12). The molecule has 1 aromatic carbocycles. The Morgan fingerprint density at radius 3 is 2.46 bits per heavy atom. The second-order valence-electron chi connectivity index (χ2n) is 2.67. The van der Waals surface area contributed by atoms with Crippen LogP contribution in [0, 0.1) is 6.92 Å². The molecule has 0 heterocycles. The minimum absolute atomic E-state index is 0.0949. The molecule has 13 heavy (non-hydrogen) atoms. The van der Waals surface area contributed by atoms with Gasteiger partial charge < -0.3 is 0 Å². The van der Waals surface area contributed by atoms with Crippen LogP contribution < -0.4 is 0 Å². The van der Waals surface area contributed by atoms with E-state index in [9.17, 15) is 8.42 Å². The molecular weight excluding hydrogens is 188 g/mol. The van der Waals surface area contributed by atoms with Gasteiger partial charge in [-0.1, -0.05) is 24.8 Å². The van der Waals surface area contributed by atoms with Crippen LogP contribution in [0.1, 0.15) is 11.1 Å². The highest BCUT2D eigenvalue weighted by Crippen LogP contribution is 2.19. The van der Waals surface area contributed by atoms with Crippen LogP contribution in [0.15, 0.2) is 29.7 Å². The molecule has 0 atom stereocenters. The summed E-state index contributed by atoms with van der Waals surface area (Å²) in [4.78, 5) is -0.0949. The average molecular weight is 198 g/mol. The fourth-order valence-corrected chi connectivity index (χ4v) is 1.91. The molecular formula is C9H10O3S. The van der Waals surface area contributed by atoms with Gasteiger partial charge >= 0.3 is 0 Å². The van der Waals surface area contributed by atoms with E-state index in [-0.39, 0.29) is 4.90 Å². The van der Waals surface area contributed by atoms with Crippen LogP contribution in [0.4, 0.5) is 0 Å². The summed E-state index contributed by atoms with van der Waals surface area (Å²) in [5.74, 6) is 0. The number of benzene rings is 1.